The van der Waals surface area contributed by atoms with E-state index in [1.807, 2.05) is 0 Å². The number of hydroxylamine groups is 2. The minimum atomic E-state index is -0.167. The lowest BCUT2D eigenvalue weighted by Crippen LogP contribution is -2.47. The molecule has 0 radical (unpaired) electrons. The Hall–Kier alpha value is -0.420. The fraction of sp³-hybridized carbons (Fsp3) is 0.818. The largest absolute Gasteiger partial charge is 0.272 e. The maximum absolute atomic E-state index is 11.8. The lowest BCUT2D eigenvalue weighted by molar-refractivity contribution is -0.203. The molecule has 1 aliphatic carbocycles. The molecule has 90 valence electrons. The molecule has 2 rings (SSSR count). The first kappa shape index (κ1) is 12.0. The molecule has 0 unspecified atom stereocenters. The van der Waals surface area contributed by atoms with Crippen LogP contribution >= 0.6 is 15.9 Å². The lowest BCUT2D eigenvalue weighted by Gasteiger charge is -2.36. The minimum absolute atomic E-state index is 0.0393. The molecule has 16 heavy (non-hydrogen) atoms. The number of carbonyl (C=O) groups is 2. The van der Waals surface area contributed by atoms with Gasteiger partial charge in [-0.05, 0) is 18.3 Å². The highest BCUT2D eigenvalue weighted by Gasteiger charge is 2.45. The molecule has 1 saturated carbocycles. The second kappa shape index (κ2) is 4.84. The zero-order valence-corrected chi connectivity index (χ0v) is 10.8. The van der Waals surface area contributed by atoms with Gasteiger partial charge in [0, 0.05) is 18.2 Å². The number of carbonyl (C=O) groups excluding carboxylic acids is 2. The smallest absolute Gasteiger partial charge is 0.254 e. The number of nitrogens with zero attached hydrogens (tertiary/aromatic N) is 1. The van der Waals surface area contributed by atoms with E-state index in [1.54, 1.807) is 0 Å². The van der Waals surface area contributed by atoms with Gasteiger partial charge >= 0.3 is 0 Å². The van der Waals surface area contributed by atoms with Crippen LogP contribution in [0.5, 0.6) is 0 Å². The summed E-state index contributed by atoms with van der Waals surface area (Å²) in [6.45, 7) is 0.352. The predicted octanol–water partition coefficient (Wildman–Crippen LogP) is 2.02. The topological polar surface area (TPSA) is 46.6 Å². The number of amides is 2. The molecule has 1 saturated heterocycles. The van der Waals surface area contributed by atoms with Crippen LogP contribution < -0.4 is 0 Å². The summed E-state index contributed by atoms with van der Waals surface area (Å²) in [5, 5.41) is 1.58. The van der Waals surface area contributed by atoms with Crippen LogP contribution in [0.2, 0.25) is 0 Å². The maximum Gasteiger partial charge on any atom is 0.254 e. The van der Waals surface area contributed by atoms with Crippen LogP contribution in [0.3, 0.4) is 0 Å². The van der Waals surface area contributed by atoms with Crippen molar-refractivity contribution in [3.05, 3.63) is 0 Å². The molecule has 0 N–H and O–H groups in total. The Kier molecular flexibility index (Phi) is 3.64. The first-order valence-electron chi connectivity index (χ1n) is 5.72. The van der Waals surface area contributed by atoms with E-state index in [0.717, 1.165) is 30.7 Å². The summed E-state index contributed by atoms with van der Waals surface area (Å²) in [6, 6.07) is 0. The summed E-state index contributed by atoms with van der Waals surface area (Å²) < 4.78 is 0. The van der Waals surface area contributed by atoms with Gasteiger partial charge in [0.15, 0.2) is 0 Å². The van der Waals surface area contributed by atoms with E-state index in [4.69, 9.17) is 4.84 Å². The van der Waals surface area contributed by atoms with E-state index in [0.29, 0.717) is 24.8 Å². The van der Waals surface area contributed by atoms with E-state index in [2.05, 4.69) is 15.9 Å². The van der Waals surface area contributed by atoms with Crippen molar-refractivity contribution in [2.75, 3.05) is 11.9 Å². The molecule has 2 amide bonds. The predicted molar refractivity (Wildman–Crippen MR) is 61.7 cm³/mol. The molecule has 2 aliphatic rings. The first-order valence-corrected chi connectivity index (χ1v) is 6.84. The molecule has 1 spiro atoms. The molecular formula is C11H16BrNO3. The van der Waals surface area contributed by atoms with Gasteiger partial charge in [-0.2, -0.15) is 5.06 Å². The zero-order chi connectivity index (χ0) is 11.6. The number of imide groups is 1. The number of piperidine rings is 1. The Morgan fingerprint density at radius 2 is 1.75 bits per heavy atom. The lowest BCUT2D eigenvalue weighted by atomic mass is 9.77. The number of alkyl halides is 1. The van der Waals surface area contributed by atoms with E-state index < -0.39 is 0 Å². The Balaban J connectivity index is 2.01. The van der Waals surface area contributed by atoms with Crippen LogP contribution in [0, 0.1) is 5.41 Å². The Morgan fingerprint density at radius 1 is 1.19 bits per heavy atom. The highest BCUT2D eigenvalue weighted by molar-refractivity contribution is 9.09. The van der Waals surface area contributed by atoms with Crippen molar-refractivity contribution in [2.24, 2.45) is 5.41 Å². The highest BCUT2D eigenvalue weighted by Crippen LogP contribution is 2.46. The molecule has 1 heterocycles. The van der Waals surface area contributed by atoms with E-state index in [-0.39, 0.29) is 17.2 Å². The quantitative estimate of drug-likeness (QED) is 0.590. The van der Waals surface area contributed by atoms with Crippen molar-refractivity contribution in [1.82, 2.24) is 5.06 Å². The van der Waals surface area contributed by atoms with Crippen LogP contribution in [0.25, 0.3) is 0 Å². The second-order valence-corrected chi connectivity index (χ2v) is 5.46. The van der Waals surface area contributed by atoms with Gasteiger partial charge in [0.2, 0.25) is 0 Å². The average molecular weight is 290 g/mol. The Bertz CT molecular complexity index is 280. The van der Waals surface area contributed by atoms with Crippen LogP contribution in [0.1, 0.15) is 38.5 Å². The van der Waals surface area contributed by atoms with Crippen molar-refractivity contribution in [2.45, 2.75) is 38.5 Å². The fourth-order valence-electron chi connectivity index (χ4n) is 2.74. The van der Waals surface area contributed by atoms with Gasteiger partial charge < -0.3 is 0 Å². The number of rotatable bonds is 3. The maximum atomic E-state index is 11.8. The molecular weight excluding hydrogens is 274 g/mol. The SMILES string of the molecule is O=C1CC2(CCCC2)CC(=O)N1OCCBr. The van der Waals surface area contributed by atoms with Gasteiger partial charge in [0.05, 0.1) is 6.61 Å². The summed E-state index contributed by atoms with van der Waals surface area (Å²) in [5.41, 5.74) is -0.0393. The van der Waals surface area contributed by atoms with Crippen molar-refractivity contribution in [3.63, 3.8) is 0 Å². The normalized spacial score (nSPS) is 24.4. The molecule has 0 bridgehead atoms. The van der Waals surface area contributed by atoms with E-state index >= 15 is 0 Å². The van der Waals surface area contributed by atoms with Gasteiger partial charge in [-0.25, -0.2) is 0 Å². The zero-order valence-electron chi connectivity index (χ0n) is 9.21. The Labute approximate surface area is 103 Å². The summed E-state index contributed by atoms with van der Waals surface area (Å²) in [7, 11) is 0. The molecule has 4 nitrogen and oxygen atoms in total. The second-order valence-electron chi connectivity index (χ2n) is 4.66. The van der Waals surface area contributed by atoms with Crippen LogP contribution in [0.15, 0.2) is 0 Å². The summed E-state index contributed by atoms with van der Waals surface area (Å²) >= 11 is 3.20. The molecule has 5 heteroatoms. The number of halogens is 1. The van der Waals surface area contributed by atoms with E-state index in [9.17, 15) is 9.59 Å². The van der Waals surface area contributed by atoms with Crippen LogP contribution in [-0.2, 0) is 14.4 Å². The van der Waals surface area contributed by atoms with Gasteiger partial charge in [-0.15, -0.1) is 0 Å². The van der Waals surface area contributed by atoms with Crippen molar-refractivity contribution < 1.29 is 14.4 Å². The molecule has 2 fully saturated rings. The molecule has 1 aliphatic heterocycles. The van der Waals surface area contributed by atoms with Gasteiger partial charge in [-0.1, -0.05) is 28.8 Å². The van der Waals surface area contributed by atoms with Gasteiger partial charge in [0.1, 0.15) is 0 Å². The summed E-state index contributed by atoms with van der Waals surface area (Å²) in [5.74, 6) is -0.335. The van der Waals surface area contributed by atoms with Crippen molar-refractivity contribution in [3.8, 4) is 0 Å². The number of hydrogen-bond acceptors (Lipinski definition) is 3. The van der Waals surface area contributed by atoms with Gasteiger partial charge in [-0.3, -0.25) is 14.4 Å². The monoisotopic (exact) mass is 289 g/mol. The molecule has 0 aromatic rings. The Morgan fingerprint density at radius 3 is 2.25 bits per heavy atom. The van der Waals surface area contributed by atoms with Crippen molar-refractivity contribution >= 4 is 27.7 Å². The third-order valence-corrected chi connectivity index (χ3v) is 3.79. The third-order valence-electron chi connectivity index (χ3n) is 3.47. The molecule has 0 aromatic carbocycles. The molecule has 0 atom stereocenters. The fourth-order valence-corrected chi connectivity index (χ4v) is 2.88. The summed E-state index contributed by atoms with van der Waals surface area (Å²) in [4.78, 5) is 28.8. The van der Waals surface area contributed by atoms with Gasteiger partial charge in [0.25, 0.3) is 11.8 Å². The standard InChI is InChI=1S/C11H16BrNO3/c12-5-6-16-13-9(14)7-11(8-10(13)15)3-1-2-4-11/h1-8H2. The highest BCUT2D eigenvalue weighted by atomic mass is 79.9. The summed E-state index contributed by atoms with van der Waals surface area (Å²) in [6.07, 6.45) is 5.25. The van der Waals surface area contributed by atoms with Crippen molar-refractivity contribution in [1.29, 1.82) is 0 Å². The number of hydrogen-bond donors (Lipinski definition) is 0. The first-order chi connectivity index (χ1) is 7.67. The molecule has 0 aromatic heterocycles. The average Bonchev–Trinajstić information content (AvgIpc) is 2.65. The minimum Gasteiger partial charge on any atom is -0.272 e. The van der Waals surface area contributed by atoms with E-state index in [1.165, 1.54) is 0 Å². The van der Waals surface area contributed by atoms with Crippen LogP contribution in [-0.4, -0.2) is 28.8 Å². The van der Waals surface area contributed by atoms with Crippen LogP contribution in [0.4, 0.5) is 0 Å². The third kappa shape index (κ3) is 2.30.